The van der Waals surface area contributed by atoms with Gasteiger partial charge in [-0.2, -0.15) is 10.5 Å². The Bertz CT molecular complexity index is 1440. The van der Waals surface area contributed by atoms with Crippen molar-refractivity contribution in [3.05, 3.63) is 82.8 Å². The van der Waals surface area contributed by atoms with Gasteiger partial charge in [0.05, 0.1) is 35.2 Å². The van der Waals surface area contributed by atoms with Crippen LogP contribution in [0.25, 0.3) is 5.57 Å². The van der Waals surface area contributed by atoms with E-state index in [1.165, 1.54) is 18.2 Å². The van der Waals surface area contributed by atoms with Crippen molar-refractivity contribution in [3.63, 3.8) is 0 Å². The van der Waals surface area contributed by atoms with Gasteiger partial charge in [0.25, 0.3) is 0 Å². The summed E-state index contributed by atoms with van der Waals surface area (Å²) in [4.78, 5) is 12.9. The Balaban J connectivity index is 1.97. The van der Waals surface area contributed by atoms with Gasteiger partial charge in [-0.05, 0) is 48.9 Å². The molecule has 1 aliphatic rings. The number of hydrogen-bond donors (Lipinski definition) is 2. The Morgan fingerprint density at radius 3 is 2.32 bits per heavy atom. The Labute approximate surface area is 197 Å². The van der Waals surface area contributed by atoms with E-state index in [1.807, 2.05) is 0 Å². The Morgan fingerprint density at radius 2 is 1.76 bits per heavy atom. The van der Waals surface area contributed by atoms with Crippen molar-refractivity contribution in [2.24, 2.45) is 0 Å². The van der Waals surface area contributed by atoms with Gasteiger partial charge in [-0.25, -0.2) is 13.2 Å². The number of hydrogen-bond acceptors (Lipinski definition) is 7. The number of sulfonamides is 1. The first-order valence-corrected chi connectivity index (χ1v) is 11.7. The molecule has 0 aliphatic carbocycles. The van der Waals surface area contributed by atoms with Crippen molar-refractivity contribution in [2.45, 2.75) is 6.92 Å². The second kappa shape index (κ2) is 9.53. The number of nitrogens with zero attached hydrogens (tertiary/aromatic N) is 3. The summed E-state index contributed by atoms with van der Waals surface area (Å²) in [6.07, 6.45) is 4.11. The molecular formula is C24H20N4O5S. The molecule has 0 spiro atoms. The third-order valence-corrected chi connectivity index (χ3v) is 5.52. The molecule has 0 saturated heterocycles. The van der Waals surface area contributed by atoms with Crippen LogP contribution < -0.4 is 14.4 Å². The lowest BCUT2D eigenvalue weighted by atomic mass is 9.94. The molecule has 172 valence electrons. The molecule has 9 nitrogen and oxygen atoms in total. The summed E-state index contributed by atoms with van der Waals surface area (Å²) < 4.78 is 31.0. The lowest BCUT2D eigenvalue weighted by molar-refractivity contribution is 0.0697. The van der Waals surface area contributed by atoms with Crippen LogP contribution in [0.2, 0.25) is 0 Å². The smallest absolute Gasteiger partial charge is 0.335 e. The lowest BCUT2D eigenvalue weighted by Gasteiger charge is -2.12. The van der Waals surface area contributed by atoms with Gasteiger partial charge >= 0.3 is 5.97 Å². The third-order valence-electron chi connectivity index (χ3n) is 4.91. The zero-order valence-corrected chi connectivity index (χ0v) is 19.3. The maximum atomic E-state index is 11.4. The normalized spacial score (nSPS) is 15.0. The third kappa shape index (κ3) is 5.26. The van der Waals surface area contributed by atoms with Crippen LogP contribution in [0.4, 0.5) is 11.4 Å². The van der Waals surface area contributed by atoms with Gasteiger partial charge in [-0.1, -0.05) is 12.1 Å². The van der Waals surface area contributed by atoms with E-state index in [-0.39, 0.29) is 11.1 Å². The standard InChI is InChI=1S/C24H20N4O5S/c1-15(13-25)23(16-4-8-19(9-5-16)27-34(3,31)32)18(14-26)7-11-22-28(2)20-12-17(24(29)30)6-10-21(20)33-22/h4-12,27H,1-3H3,(H,29,30). The molecule has 1 heterocycles. The van der Waals surface area contributed by atoms with Gasteiger partial charge in [-0.3, -0.25) is 4.72 Å². The predicted octanol–water partition coefficient (Wildman–Crippen LogP) is 3.87. The minimum absolute atomic E-state index is 0.118. The van der Waals surface area contributed by atoms with Crippen LogP contribution in [-0.4, -0.2) is 32.8 Å². The average molecular weight is 477 g/mol. The number of aromatic carboxylic acids is 1. The van der Waals surface area contributed by atoms with Gasteiger partial charge in [-0.15, -0.1) is 0 Å². The number of benzene rings is 2. The fourth-order valence-electron chi connectivity index (χ4n) is 3.32. The highest BCUT2D eigenvalue weighted by Crippen LogP contribution is 2.38. The second-order valence-electron chi connectivity index (χ2n) is 7.41. The maximum Gasteiger partial charge on any atom is 0.335 e. The van der Waals surface area contributed by atoms with E-state index < -0.39 is 16.0 Å². The minimum atomic E-state index is -3.44. The summed E-state index contributed by atoms with van der Waals surface area (Å²) in [5, 5.41) is 28.5. The van der Waals surface area contributed by atoms with Crippen LogP contribution in [0.5, 0.6) is 5.75 Å². The lowest BCUT2D eigenvalue weighted by Crippen LogP contribution is -2.13. The van der Waals surface area contributed by atoms with E-state index in [2.05, 4.69) is 16.9 Å². The Kier molecular flexibility index (Phi) is 6.76. The minimum Gasteiger partial charge on any atom is -0.478 e. The topological polar surface area (TPSA) is 144 Å². The monoisotopic (exact) mass is 476 g/mol. The van der Waals surface area contributed by atoms with Gasteiger partial charge in [0.2, 0.25) is 10.0 Å². The molecule has 2 aromatic rings. The summed E-state index contributed by atoms with van der Waals surface area (Å²) in [5.41, 5.74) is 2.46. The number of allylic oxidation sites excluding steroid dienone is 5. The molecule has 3 rings (SSSR count). The van der Waals surface area contributed by atoms with Crippen LogP contribution >= 0.6 is 0 Å². The highest BCUT2D eigenvalue weighted by molar-refractivity contribution is 7.92. The van der Waals surface area contributed by atoms with Gasteiger partial charge in [0, 0.05) is 30.0 Å². The summed E-state index contributed by atoms with van der Waals surface area (Å²) in [6, 6.07) is 15.0. The van der Waals surface area contributed by atoms with E-state index >= 15 is 0 Å². The summed E-state index contributed by atoms with van der Waals surface area (Å²) >= 11 is 0. The van der Waals surface area contributed by atoms with Crippen molar-refractivity contribution >= 4 is 32.9 Å². The number of nitrogens with one attached hydrogen (secondary N) is 1. The molecule has 1 aliphatic heterocycles. The fourth-order valence-corrected chi connectivity index (χ4v) is 3.89. The molecule has 10 heteroatoms. The summed E-state index contributed by atoms with van der Waals surface area (Å²) in [5.74, 6) is -0.213. The van der Waals surface area contributed by atoms with Crippen molar-refractivity contribution in [2.75, 3.05) is 22.9 Å². The molecule has 0 unspecified atom stereocenters. The maximum absolute atomic E-state index is 11.4. The van der Waals surface area contributed by atoms with Gasteiger partial charge in [0.15, 0.2) is 11.6 Å². The zero-order valence-electron chi connectivity index (χ0n) is 18.5. The molecule has 0 radical (unpaired) electrons. The zero-order chi connectivity index (χ0) is 25.0. The van der Waals surface area contributed by atoms with Crippen molar-refractivity contribution in [1.82, 2.24) is 0 Å². The summed E-state index contributed by atoms with van der Waals surface area (Å²) in [6.45, 7) is 1.58. The second-order valence-corrected chi connectivity index (χ2v) is 9.16. The summed E-state index contributed by atoms with van der Waals surface area (Å²) in [7, 11) is -1.74. The van der Waals surface area contributed by atoms with E-state index in [4.69, 9.17) is 4.74 Å². The molecule has 0 fully saturated rings. The van der Waals surface area contributed by atoms with Gasteiger partial charge < -0.3 is 14.7 Å². The van der Waals surface area contributed by atoms with Crippen LogP contribution in [-0.2, 0) is 10.0 Å². The van der Waals surface area contributed by atoms with Crippen molar-refractivity contribution < 1.29 is 23.1 Å². The predicted molar refractivity (Wildman–Crippen MR) is 127 cm³/mol. The molecule has 2 aromatic carbocycles. The van der Waals surface area contributed by atoms with E-state index in [9.17, 15) is 28.8 Å². The SMILES string of the molecule is CC(C#N)=C(C(C#N)=CC=C1Oc2ccc(C(=O)O)cc2N1C)c1ccc(NS(C)(=O)=O)cc1. The Morgan fingerprint density at radius 1 is 1.12 bits per heavy atom. The highest BCUT2D eigenvalue weighted by atomic mass is 32.2. The molecular weight excluding hydrogens is 456 g/mol. The van der Waals surface area contributed by atoms with Crippen LogP contribution in [0.1, 0.15) is 22.8 Å². The molecule has 0 saturated carbocycles. The largest absolute Gasteiger partial charge is 0.478 e. The number of carbonyl (C=O) groups is 1. The first-order chi connectivity index (χ1) is 16.0. The molecule has 0 amide bonds. The van der Waals surface area contributed by atoms with Crippen molar-refractivity contribution in [1.29, 1.82) is 10.5 Å². The quantitative estimate of drug-likeness (QED) is 0.472. The van der Waals surface area contributed by atoms with Crippen molar-refractivity contribution in [3.8, 4) is 17.9 Å². The van der Waals surface area contributed by atoms with Crippen LogP contribution in [0, 0.1) is 22.7 Å². The molecule has 0 atom stereocenters. The first-order valence-electron chi connectivity index (χ1n) is 9.84. The van der Waals surface area contributed by atoms with E-state index in [0.717, 1.165) is 6.26 Å². The number of carboxylic acids is 1. The van der Waals surface area contributed by atoms with E-state index in [0.29, 0.717) is 39.7 Å². The van der Waals surface area contributed by atoms with E-state index in [1.54, 1.807) is 55.3 Å². The molecule has 0 bridgehead atoms. The van der Waals surface area contributed by atoms with Crippen LogP contribution in [0.15, 0.2) is 71.6 Å². The molecule has 34 heavy (non-hydrogen) atoms. The number of carboxylic acid groups (broad SMARTS) is 1. The number of anilines is 2. The number of ether oxygens (including phenoxy) is 1. The number of rotatable bonds is 6. The highest BCUT2D eigenvalue weighted by Gasteiger charge is 2.24. The number of nitriles is 2. The Hall–Kier alpha value is -4.54. The van der Waals surface area contributed by atoms with Crippen LogP contribution in [0.3, 0.4) is 0 Å². The first kappa shape index (κ1) is 24.1. The molecule has 2 N–H and O–H groups in total. The van der Waals surface area contributed by atoms with Gasteiger partial charge in [0.1, 0.15) is 0 Å². The molecule has 0 aromatic heterocycles. The number of fused-ring (bicyclic) bond motifs is 1. The fraction of sp³-hybridized carbons (Fsp3) is 0.125. The average Bonchev–Trinajstić information content (AvgIpc) is 3.10.